The monoisotopic (exact) mass is 307 g/mol. The fourth-order valence-corrected chi connectivity index (χ4v) is 2.44. The lowest BCUT2D eigenvalue weighted by Crippen LogP contribution is -2.40. The van der Waals surface area contributed by atoms with Gasteiger partial charge in [0, 0.05) is 12.3 Å². The maximum absolute atomic E-state index is 9.99. The average Bonchev–Trinajstić information content (AvgIpc) is 2.61. The van der Waals surface area contributed by atoms with Crippen molar-refractivity contribution in [3.63, 3.8) is 0 Å². The van der Waals surface area contributed by atoms with Crippen LogP contribution in [0.4, 0.5) is 0 Å². The van der Waals surface area contributed by atoms with Crippen molar-refractivity contribution in [3.05, 3.63) is 22.6 Å². The molecule has 1 aromatic rings. The third-order valence-electron chi connectivity index (χ3n) is 2.27. The molecule has 0 saturated carbocycles. The van der Waals surface area contributed by atoms with Crippen LogP contribution in [0.2, 0.25) is 0 Å². The van der Waals surface area contributed by atoms with E-state index in [2.05, 4.69) is 21.2 Å². The zero-order chi connectivity index (χ0) is 12.2. The zero-order valence-electron chi connectivity index (χ0n) is 9.79. The molecule has 1 aromatic heterocycles. The van der Waals surface area contributed by atoms with Crippen molar-refractivity contribution in [2.45, 2.75) is 25.5 Å². The summed E-state index contributed by atoms with van der Waals surface area (Å²) in [6, 6.07) is 3.89. The molecule has 0 radical (unpaired) electrons. The maximum Gasteiger partial charge on any atom is 0.169 e. The molecule has 0 fully saturated rings. The number of halogens is 1. The van der Waals surface area contributed by atoms with E-state index in [9.17, 15) is 5.11 Å². The summed E-state index contributed by atoms with van der Waals surface area (Å²) in [6.45, 7) is 4.40. The van der Waals surface area contributed by atoms with E-state index in [-0.39, 0.29) is 6.04 Å². The molecule has 1 rings (SSSR count). The van der Waals surface area contributed by atoms with E-state index < -0.39 is 5.60 Å². The Balaban J connectivity index is 2.43. The Kier molecular flexibility index (Phi) is 5.37. The van der Waals surface area contributed by atoms with Crippen molar-refractivity contribution < 1.29 is 9.52 Å². The van der Waals surface area contributed by atoms with E-state index in [0.717, 1.165) is 10.4 Å². The molecule has 0 aliphatic carbocycles. The lowest BCUT2D eigenvalue weighted by molar-refractivity contribution is 0.0812. The zero-order valence-corrected chi connectivity index (χ0v) is 12.2. The van der Waals surface area contributed by atoms with Gasteiger partial charge in [-0.2, -0.15) is 11.8 Å². The van der Waals surface area contributed by atoms with Crippen molar-refractivity contribution in [1.82, 2.24) is 5.32 Å². The minimum atomic E-state index is -0.683. The van der Waals surface area contributed by atoms with E-state index in [0.29, 0.717) is 12.3 Å². The topological polar surface area (TPSA) is 45.4 Å². The first-order chi connectivity index (χ1) is 7.44. The minimum Gasteiger partial charge on any atom is -0.453 e. The molecule has 3 nitrogen and oxygen atoms in total. The molecular formula is C11H18BrNO2S. The van der Waals surface area contributed by atoms with E-state index in [4.69, 9.17) is 4.42 Å². The first-order valence-electron chi connectivity index (χ1n) is 5.14. The van der Waals surface area contributed by atoms with Crippen molar-refractivity contribution in [2.24, 2.45) is 0 Å². The summed E-state index contributed by atoms with van der Waals surface area (Å²) in [4.78, 5) is 0. The van der Waals surface area contributed by atoms with Gasteiger partial charge in [-0.3, -0.25) is 0 Å². The molecule has 0 amide bonds. The molecule has 92 valence electrons. The van der Waals surface area contributed by atoms with E-state index in [1.807, 2.05) is 32.2 Å². The number of rotatable bonds is 6. The summed E-state index contributed by atoms with van der Waals surface area (Å²) in [7, 11) is 0. The molecule has 0 spiro atoms. The Hall–Kier alpha value is 0.0300. The second-order valence-electron chi connectivity index (χ2n) is 4.17. The van der Waals surface area contributed by atoms with Crippen LogP contribution in [0, 0.1) is 0 Å². The largest absolute Gasteiger partial charge is 0.453 e. The van der Waals surface area contributed by atoms with Crippen molar-refractivity contribution >= 4 is 27.7 Å². The van der Waals surface area contributed by atoms with Gasteiger partial charge in [-0.1, -0.05) is 0 Å². The lowest BCUT2D eigenvalue weighted by atomic mass is 10.1. The normalized spacial score (nSPS) is 17.1. The van der Waals surface area contributed by atoms with Crippen LogP contribution in [0.15, 0.2) is 21.2 Å². The highest BCUT2D eigenvalue weighted by Gasteiger charge is 2.21. The Morgan fingerprint density at radius 1 is 1.62 bits per heavy atom. The molecule has 0 saturated heterocycles. The van der Waals surface area contributed by atoms with Gasteiger partial charge in [-0.25, -0.2) is 0 Å². The van der Waals surface area contributed by atoms with Crippen molar-refractivity contribution in [2.75, 3.05) is 18.6 Å². The predicted molar refractivity (Wildman–Crippen MR) is 71.8 cm³/mol. The maximum atomic E-state index is 9.99. The summed E-state index contributed by atoms with van der Waals surface area (Å²) in [5.74, 6) is 1.58. The number of aliphatic hydroxyl groups is 1. The van der Waals surface area contributed by atoms with Crippen molar-refractivity contribution in [3.8, 4) is 0 Å². The van der Waals surface area contributed by atoms with Crippen LogP contribution in [0.3, 0.4) is 0 Å². The second kappa shape index (κ2) is 6.10. The third kappa shape index (κ3) is 4.49. The van der Waals surface area contributed by atoms with Crippen LogP contribution in [0.25, 0.3) is 0 Å². The van der Waals surface area contributed by atoms with E-state index >= 15 is 0 Å². The Morgan fingerprint density at radius 2 is 2.31 bits per heavy atom. The second-order valence-corrected chi connectivity index (χ2v) is 5.82. The standard InChI is InChI=1S/C11H18BrNO2S/c1-8(9-4-5-10(12)15-9)13-6-11(2,14)7-16-3/h4-5,8,13-14H,6-7H2,1-3H3. The van der Waals surface area contributed by atoms with Gasteiger partial charge < -0.3 is 14.8 Å². The fourth-order valence-electron chi connectivity index (χ4n) is 1.40. The summed E-state index contributed by atoms with van der Waals surface area (Å²) < 4.78 is 6.17. The average molecular weight is 308 g/mol. The molecule has 2 atom stereocenters. The quantitative estimate of drug-likeness (QED) is 0.848. The summed E-state index contributed by atoms with van der Waals surface area (Å²) in [5.41, 5.74) is -0.683. The minimum absolute atomic E-state index is 0.0969. The Bertz CT molecular complexity index is 328. The van der Waals surface area contributed by atoms with Crippen LogP contribution >= 0.6 is 27.7 Å². The highest BCUT2D eigenvalue weighted by molar-refractivity contribution is 9.10. The van der Waals surface area contributed by atoms with Crippen LogP contribution in [-0.4, -0.2) is 29.3 Å². The van der Waals surface area contributed by atoms with E-state index in [1.54, 1.807) is 11.8 Å². The number of thioether (sulfide) groups is 1. The molecule has 2 N–H and O–H groups in total. The highest BCUT2D eigenvalue weighted by Crippen LogP contribution is 2.20. The van der Waals surface area contributed by atoms with Gasteiger partial charge in [-0.05, 0) is 48.2 Å². The van der Waals surface area contributed by atoms with E-state index in [1.165, 1.54) is 0 Å². The molecule has 0 aliphatic rings. The van der Waals surface area contributed by atoms with Crippen LogP contribution in [-0.2, 0) is 0 Å². The number of hydrogen-bond donors (Lipinski definition) is 2. The summed E-state index contributed by atoms with van der Waals surface area (Å²) in [6.07, 6.45) is 1.99. The molecule has 0 bridgehead atoms. The summed E-state index contributed by atoms with van der Waals surface area (Å²) in [5, 5.41) is 13.3. The number of nitrogens with one attached hydrogen (secondary N) is 1. The Morgan fingerprint density at radius 3 is 2.81 bits per heavy atom. The van der Waals surface area contributed by atoms with Gasteiger partial charge in [0.1, 0.15) is 5.76 Å². The van der Waals surface area contributed by atoms with Gasteiger partial charge >= 0.3 is 0 Å². The van der Waals surface area contributed by atoms with Gasteiger partial charge in [0.2, 0.25) is 0 Å². The smallest absolute Gasteiger partial charge is 0.169 e. The molecular weight excluding hydrogens is 290 g/mol. The van der Waals surface area contributed by atoms with Gasteiger partial charge in [0.05, 0.1) is 11.6 Å². The van der Waals surface area contributed by atoms with Gasteiger partial charge in [-0.15, -0.1) is 0 Å². The van der Waals surface area contributed by atoms with Crippen LogP contribution in [0.1, 0.15) is 25.6 Å². The van der Waals surface area contributed by atoms with Crippen LogP contribution < -0.4 is 5.32 Å². The first-order valence-corrected chi connectivity index (χ1v) is 7.33. The number of furan rings is 1. The van der Waals surface area contributed by atoms with Crippen LogP contribution in [0.5, 0.6) is 0 Å². The highest BCUT2D eigenvalue weighted by atomic mass is 79.9. The third-order valence-corrected chi connectivity index (χ3v) is 3.60. The fraction of sp³-hybridized carbons (Fsp3) is 0.636. The predicted octanol–water partition coefficient (Wildman–Crippen LogP) is 2.81. The van der Waals surface area contributed by atoms with Crippen molar-refractivity contribution in [1.29, 1.82) is 0 Å². The lowest BCUT2D eigenvalue weighted by Gasteiger charge is -2.24. The molecule has 5 heteroatoms. The molecule has 0 aliphatic heterocycles. The Labute approximate surface area is 109 Å². The number of hydrogen-bond acceptors (Lipinski definition) is 4. The molecule has 16 heavy (non-hydrogen) atoms. The molecule has 1 heterocycles. The first kappa shape index (κ1) is 14.1. The van der Waals surface area contributed by atoms with Gasteiger partial charge in [0.25, 0.3) is 0 Å². The molecule has 2 unspecified atom stereocenters. The SMILES string of the molecule is CSCC(C)(O)CNC(C)c1ccc(Br)o1. The molecule has 0 aromatic carbocycles. The summed E-state index contributed by atoms with van der Waals surface area (Å²) >= 11 is 4.91. The van der Waals surface area contributed by atoms with Gasteiger partial charge in [0.15, 0.2) is 4.67 Å².